The number of nitrogens with one attached hydrogen (secondary N) is 1. The molecule has 132 valence electrons. The molecule has 8 heteroatoms. The number of aromatic nitrogens is 4. The van der Waals surface area contributed by atoms with E-state index in [9.17, 15) is 4.79 Å². The summed E-state index contributed by atoms with van der Waals surface area (Å²) in [6, 6.07) is 1.68. The van der Waals surface area contributed by atoms with Gasteiger partial charge in [-0.2, -0.15) is 5.10 Å². The first-order chi connectivity index (χ1) is 11.8. The molecule has 2 aromatic rings. The molecule has 0 aliphatic heterocycles. The molecule has 4 rings (SSSR count). The summed E-state index contributed by atoms with van der Waals surface area (Å²) >= 11 is 1.29. The van der Waals surface area contributed by atoms with Crippen LogP contribution < -0.4 is 5.32 Å². The molecule has 2 aliphatic carbocycles. The van der Waals surface area contributed by atoms with E-state index in [0.717, 1.165) is 24.2 Å². The number of hydrogen-bond acceptors (Lipinski definition) is 7. The molecule has 1 saturated carbocycles. The summed E-state index contributed by atoms with van der Waals surface area (Å²) < 4.78 is 4.93. The Balaban J connectivity index is 1.46. The SMILES string of the molecule is Cc1cc(NC(=O)CSc2nnc3c(n2)[C@]2(C)CC[C@@H]3C2(C)C)no1. The number of hydrogen-bond donors (Lipinski definition) is 1. The van der Waals surface area contributed by atoms with Gasteiger partial charge in [-0.15, -0.1) is 5.10 Å². The summed E-state index contributed by atoms with van der Waals surface area (Å²) in [7, 11) is 0. The van der Waals surface area contributed by atoms with Crippen LogP contribution in [0.2, 0.25) is 0 Å². The van der Waals surface area contributed by atoms with Gasteiger partial charge in [0.2, 0.25) is 11.1 Å². The van der Waals surface area contributed by atoms with Crippen molar-refractivity contribution >= 4 is 23.5 Å². The number of anilines is 1. The number of rotatable bonds is 4. The van der Waals surface area contributed by atoms with Gasteiger partial charge in [0, 0.05) is 17.4 Å². The van der Waals surface area contributed by atoms with Crippen molar-refractivity contribution in [2.45, 2.75) is 57.0 Å². The molecular weight excluding hydrogens is 338 g/mol. The van der Waals surface area contributed by atoms with Crippen LogP contribution in [0.4, 0.5) is 5.82 Å². The highest BCUT2D eigenvalue weighted by Gasteiger charge is 2.61. The van der Waals surface area contributed by atoms with Crippen molar-refractivity contribution < 1.29 is 9.32 Å². The number of thioether (sulfide) groups is 1. The van der Waals surface area contributed by atoms with E-state index in [4.69, 9.17) is 9.51 Å². The molecule has 0 spiro atoms. The van der Waals surface area contributed by atoms with Gasteiger partial charge in [0.15, 0.2) is 5.82 Å². The van der Waals surface area contributed by atoms with E-state index in [1.165, 1.54) is 11.8 Å². The van der Waals surface area contributed by atoms with E-state index in [1.807, 2.05) is 0 Å². The third kappa shape index (κ3) is 2.46. The molecule has 25 heavy (non-hydrogen) atoms. The second-order valence-electron chi connectivity index (χ2n) is 7.63. The van der Waals surface area contributed by atoms with E-state index in [0.29, 0.717) is 22.7 Å². The lowest BCUT2D eigenvalue weighted by Gasteiger charge is -2.33. The number of aryl methyl sites for hydroxylation is 1. The zero-order chi connectivity index (χ0) is 17.8. The van der Waals surface area contributed by atoms with Crippen LogP contribution in [0.15, 0.2) is 15.7 Å². The molecule has 2 bridgehead atoms. The second-order valence-corrected chi connectivity index (χ2v) is 8.58. The van der Waals surface area contributed by atoms with Crippen molar-refractivity contribution in [1.29, 1.82) is 0 Å². The second kappa shape index (κ2) is 5.52. The molecule has 7 nitrogen and oxygen atoms in total. The summed E-state index contributed by atoms with van der Waals surface area (Å²) in [6.45, 7) is 8.65. The molecule has 2 heterocycles. The van der Waals surface area contributed by atoms with Crippen LogP contribution in [-0.4, -0.2) is 32.0 Å². The van der Waals surface area contributed by atoms with E-state index >= 15 is 0 Å². The van der Waals surface area contributed by atoms with Crippen molar-refractivity contribution in [2.75, 3.05) is 11.1 Å². The van der Waals surface area contributed by atoms with Gasteiger partial charge in [-0.3, -0.25) is 4.79 Å². The maximum absolute atomic E-state index is 12.0. The normalized spacial score (nSPS) is 25.8. The smallest absolute Gasteiger partial charge is 0.236 e. The Kier molecular flexibility index (Phi) is 3.64. The Morgan fingerprint density at radius 2 is 2.20 bits per heavy atom. The fourth-order valence-corrected chi connectivity index (χ4v) is 4.74. The molecule has 0 saturated heterocycles. The monoisotopic (exact) mass is 359 g/mol. The molecule has 1 fully saturated rings. The van der Waals surface area contributed by atoms with Crippen molar-refractivity contribution in [2.24, 2.45) is 5.41 Å². The van der Waals surface area contributed by atoms with Crippen LogP contribution in [0.5, 0.6) is 0 Å². The van der Waals surface area contributed by atoms with Crippen LogP contribution in [0.25, 0.3) is 0 Å². The van der Waals surface area contributed by atoms with E-state index in [1.54, 1.807) is 13.0 Å². The van der Waals surface area contributed by atoms with Gasteiger partial charge in [-0.1, -0.05) is 37.7 Å². The molecular formula is C17H21N5O2S. The van der Waals surface area contributed by atoms with Gasteiger partial charge in [0.05, 0.1) is 17.1 Å². The lowest BCUT2D eigenvalue weighted by Crippen LogP contribution is -2.32. The van der Waals surface area contributed by atoms with Crippen LogP contribution in [0, 0.1) is 12.3 Å². The number of nitrogens with zero attached hydrogens (tertiary/aromatic N) is 4. The summed E-state index contributed by atoms with van der Waals surface area (Å²) in [4.78, 5) is 16.8. The number of amides is 1. The van der Waals surface area contributed by atoms with E-state index < -0.39 is 0 Å². The summed E-state index contributed by atoms with van der Waals surface area (Å²) in [5.74, 6) is 1.54. The molecule has 2 aromatic heterocycles. The Morgan fingerprint density at radius 1 is 1.40 bits per heavy atom. The average Bonchev–Trinajstić information content (AvgIpc) is 3.12. The van der Waals surface area contributed by atoms with Gasteiger partial charge in [-0.05, 0) is 25.2 Å². The predicted octanol–water partition coefficient (Wildman–Crippen LogP) is 3.07. The maximum atomic E-state index is 12.0. The predicted molar refractivity (Wildman–Crippen MR) is 93.5 cm³/mol. The van der Waals surface area contributed by atoms with Gasteiger partial charge in [-0.25, -0.2) is 4.98 Å². The van der Waals surface area contributed by atoms with E-state index in [2.05, 4.69) is 41.4 Å². The number of carbonyl (C=O) groups excluding carboxylic acids is 1. The molecule has 1 N–H and O–H groups in total. The van der Waals surface area contributed by atoms with Gasteiger partial charge >= 0.3 is 0 Å². The number of fused-ring (bicyclic) bond motifs is 5. The highest BCUT2D eigenvalue weighted by Crippen LogP contribution is 2.66. The third-order valence-electron chi connectivity index (χ3n) is 6.00. The van der Waals surface area contributed by atoms with Crippen LogP contribution in [0.1, 0.15) is 56.7 Å². The van der Waals surface area contributed by atoms with Gasteiger partial charge in [0.1, 0.15) is 5.76 Å². The third-order valence-corrected chi connectivity index (χ3v) is 6.84. The molecule has 1 amide bonds. The van der Waals surface area contributed by atoms with Crippen LogP contribution >= 0.6 is 11.8 Å². The zero-order valence-corrected chi connectivity index (χ0v) is 15.6. The van der Waals surface area contributed by atoms with Crippen molar-refractivity contribution in [3.05, 3.63) is 23.2 Å². The standard InChI is InChI=1S/C17H21N5O2S/c1-9-7-11(22-24-9)18-12(23)8-25-15-19-14-13(20-21-15)10-5-6-17(14,4)16(10,2)3/h7,10H,5-6,8H2,1-4H3,(H,18,22,23)/t10-,17-/m0/s1. The number of carbonyl (C=O) groups is 1. The molecule has 2 atom stereocenters. The first kappa shape index (κ1) is 16.5. The summed E-state index contributed by atoms with van der Waals surface area (Å²) in [6.07, 6.45) is 2.28. The van der Waals surface area contributed by atoms with Gasteiger partial charge in [0.25, 0.3) is 0 Å². The Labute approximate surface area is 150 Å². The Bertz CT molecular complexity index is 849. The quantitative estimate of drug-likeness (QED) is 0.838. The fourth-order valence-electron chi connectivity index (χ4n) is 4.16. The Morgan fingerprint density at radius 3 is 2.92 bits per heavy atom. The lowest BCUT2D eigenvalue weighted by atomic mass is 9.70. The van der Waals surface area contributed by atoms with Crippen molar-refractivity contribution in [1.82, 2.24) is 20.3 Å². The summed E-state index contributed by atoms with van der Waals surface area (Å²) in [5.41, 5.74) is 2.31. The highest BCUT2D eigenvalue weighted by molar-refractivity contribution is 7.99. The lowest BCUT2D eigenvalue weighted by molar-refractivity contribution is -0.113. The minimum atomic E-state index is -0.171. The summed E-state index contributed by atoms with van der Waals surface area (Å²) in [5, 5.41) is 15.7. The zero-order valence-electron chi connectivity index (χ0n) is 14.8. The molecule has 0 aromatic carbocycles. The van der Waals surface area contributed by atoms with Crippen LogP contribution in [0.3, 0.4) is 0 Å². The first-order valence-electron chi connectivity index (χ1n) is 8.42. The van der Waals surface area contributed by atoms with Crippen molar-refractivity contribution in [3.8, 4) is 0 Å². The highest BCUT2D eigenvalue weighted by atomic mass is 32.2. The first-order valence-corrected chi connectivity index (χ1v) is 9.41. The average molecular weight is 359 g/mol. The topological polar surface area (TPSA) is 93.8 Å². The maximum Gasteiger partial charge on any atom is 0.236 e. The van der Waals surface area contributed by atoms with Crippen LogP contribution in [-0.2, 0) is 10.2 Å². The van der Waals surface area contributed by atoms with Crippen molar-refractivity contribution in [3.63, 3.8) is 0 Å². The minimum Gasteiger partial charge on any atom is -0.360 e. The fraction of sp³-hybridized carbons (Fsp3) is 0.588. The minimum absolute atomic E-state index is 0.0404. The molecule has 2 aliphatic rings. The molecule has 0 unspecified atom stereocenters. The molecule has 0 radical (unpaired) electrons. The van der Waals surface area contributed by atoms with E-state index in [-0.39, 0.29) is 22.5 Å². The largest absolute Gasteiger partial charge is 0.360 e. The van der Waals surface area contributed by atoms with Gasteiger partial charge < -0.3 is 9.84 Å². The Hall–Kier alpha value is -1.96.